The van der Waals surface area contributed by atoms with Crippen molar-refractivity contribution in [3.8, 4) is 17.3 Å². The maximum Gasteiger partial charge on any atom is 0.449 e. The molecule has 2 fully saturated rings. The predicted molar refractivity (Wildman–Crippen MR) is 132 cm³/mol. The first kappa shape index (κ1) is 24.8. The zero-order valence-electron chi connectivity index (χ0n) is 20.9. The summed E-state index contributed by atoms with van der Waals surface area (Å²) in [6, 6.07) is 5.42. The van der Waals surface area contributed by atoms with E-state index in [1.165, 1.54) is 12.0 Å². The quantitative estimate of drug-likeness (QED) is 0.375. The topological polar surface area (TPSA) is 91.5 Å². The standard InChI is InChI=1S/C26H27F4N5O3/c1-33-22-18(5-14(7-20(22)37-2)24(36)34-11-16(27)9-17(31)12-34)32-23(33)19-6-15-8-21(26(28,29)30)38-25(15)35(19)10-13-3-4-13/h5-8,13,16-17H,3-4,9-12,31H2,1-2H3/t16-,17-/m1/s1. The molecule has 202 valence electrons. The number of ether oxygens (including phenoxy) is 1. The maximum absolute atomic E-state index is 14.1. The molecule has 2 atom stereocenters. The monoisotopic (exact) mass is 533 g/mol. The lowest BCUT2D eigenvalue weighted by Gasteiger charge is -2.33. The fourth-order valence-electron chi connectivity index (χ4n) is 5.35. The Morgan fingerprint density at radius 3 is 2.63 bits per heavy atom. The molecule has 1 saturated heterocycles. The molecule has 38 heavy (non-hydrogen) atoms. The van der Waals surface area contributed by atoms with Crippen molar-refractivity contribution in [2.45, 2.75) is 44.2 Å². The molecule has 0 unspecified atom stereocenters. The van der Waals surface area contributed by atoms with Gasteiger partial charge in [-0.15, -0.1) is 0 Å². The fourth-order valence-corrected chi connectivity index (χ4v) is 5.35. The Morgan fingerprint density at radius 2 is 1.97 bits per heavy atom. The first-order valence-electron chi connectivity index (χ1n) is 12.5. The minimum atomic E-state index is -4.59. The number of benzene rings is 1. The van der Waals surface area contributed by atoms with Crippen LogP contribution in [0.5, 0.6) is 5.75 Å². The first-order chi connectivity index (χ1) is 18.0. The molecule has 1 aromatic carbocycles. The molecule has 2 aliphatic rings. The molecule has 1 amide bonds. The van der Waals surface area contributed by atoms with E-state index >= 15 is 0 Å². The summed E-state index contributed by atoms with van der Waals surface area (Å²) in [4.78, 5) is 19.4. The Hall–Kier alpha value is -3.54. The summed E-state index contributed by atoms with van der Waals surface area (Å²) in [5.74, 6) is -0.167. The zero-order chi connectivity index (χ0) is 26.9. The molecule has 6 rings (SSSR count). The van der Waals surface area contributed by atoms with Gasteiger partial charge in [0.2, 0.25) is 11.5 Å². The molecule has 4 aromatic rings. The number of carbonyl (C=O) groups is 1. The number of halogens is 4. The number of aromatic nitrogens is 3. The fraction of sp³-hybridized carbons (Fsp3) is 0.462. The van der Waals surface area contributed by atoms with E-state index in [-0.39, 0.29) is 36.7 Å². The van der Waals surface area contributed by atoms with Crippen LogP contribution in [0.4, 0.5) is 17.6 Å². The van der Waals surface area contributed by atoms with Crippen LogP contribution >= 0.6 is 0 Å². The van der Waals surface area contributed by atoms with Crippen molar-refractivity contribution >= 4 is 28.0 Å². The smallest absolute Gasteiger partial charge is 0.449 e. The lowest BCUT2D eigenvalue weighted by Crippen LogP contribution is -2.50. The van der Waals surface area contributed by atoms with Gasteiger partial charge < -0.3 is 28.9 Å². The minimum absolute atomic E-state index is 0.0337. The summed E-state index contributed by atoms with van der Waals surface area (Å²) >= 11 is 0. The van der Waals surface area contributed by atoms with Crippen LogP contribution in [-0.2, 0) is 19.8 Å². The SMILES string of the molecule is COc1cc(C(=O)N2C[C@H](N)C[C@@H](F)C2)cc2nc(-c3cc4cc(C(F)(F)F)oc4n3CC3CC3)n(C)c12. The highest BCUT2D eigenvalue weighted by molar-refractivity contribution is 6.00. The van der Waals surface area contributed by atoms with E-state index in [0.29, 0.717) is 46.2 Å². The number of nitrogens with zero attached hydrogens (tertiary/aromatic N) is 4. The van der Waals surface area contributed by atoms with Crippen molar-refractivity contribution in [3.05, 3.63) is 35.6 Å². The number of furan rings is 1. The van der Waals surface area contributed by atoms with Gasteiger partial charge in [-0.2, -0.15) is 13.2 Å². The third-order valence-corrected chi connectivity index (χ3v) is 7.33. The van der Waals surface area contributed by atoms with Crippen LogP contribution in [0, 0.1) is 5.92 Å². The molecule has 1 aliphatic heterocycles. The molecule has 2 N–H and O–H groups in total. The number of piperidine rings is 1. The van der Waals surface area contributed by atoms with Crippen LogP contribution in [0.15, 0.2) is 28.7 Å². The number of carbonyl (C=O) groups excluding carboxylic acids is 1. The summed E-state index contributed by atoms with van der Waals surface area (Å²) in [6.45, 7) is 0.724. The van der Waals surface area contributed by atoms with Crippen LogP contribution < -0.4 is 10.5 Å². The van der Waals surface area contributed by atoms with Gasteiger partial charge in [-0.25, -0.2) is 9.37 Å². The number of hydrogen-bond donors (Lipinski definition) is 1. The van der Waals surface area contributed by atoms with E-state index in [1.54, 1.807) is 34.4 Å². The van der Waals surface area contributed by atoms with E-state index in [1.807, 2.05) is 0 Å². The summed E-state index contributed by atoms with van der Waals surface area (Å²) < 4.78 is 68.4. The first-order valence-corrected chi connectivity index (χ1v) is 12.5. The molecule has 12 heteroatoms. The van der Waals surface area contributed by atoms with Crippen LogP contribution in [-0.4, -0.2) is 57.3 Å². The maximum atomic E-state index is 14.1. The third-order valence-electron chi connectivity index (χ3n) is 7.33. The number of nitrogens with two attached hydrogens (primary N) is 1. The van der Waals surface area contributed by atoms with Crippen molar-refractivity contribution in [2.24, 2.45) is 18.7 Å². The second kappa shape index (κ2) is 8.75. The number of amides is 1. The number of hydrogen-bond acceptors (Lipinski definition) is 5. The van der Waals surface area contributed by atoms with E-state index < -0.39 is 24.2 Å². The van der Waals surface area contributed by atoms with Gasteiger partial charge in [0.15, 0.2) is 5.82 Å². The average molecular weight is 534 g/mol. The minimum Gasteiger partial charge on any atom is -0.494 e. The van der Waals surface area contributed by atoms with Gasteiger partial charge in [0, 0.05) is 37.1 Å². The van der Waals surface area contributed by atoms with Crippen LogP contribution in [0.1, 0.15) is 35.4 Å². The summed E-state index contributed by atoms with van der Waals surface area (Å²) in [6.07, 6.45) is -3.58. The Kier molecular flexibility index (Phi) is 5.71. The highest BCUT2D eigenvalue weighted by atomic mass is 19.4. The average Bonchev–Trinajstić information content (AvgIpc) is 3.33. The summed E-state index contributed by atoms with van der Waals surface area (Å²) in [7, 11) is 3.26. The summed E-state index contributed by atoms with van der Waals surface area (Å²) in [5, 5.41) is 0.338. The van der Waals surface area contributed by atoms with Crippen molar-refractivity contribution in [3.63, 3.8) is 0 Å². The lowest BCUT2D eigenvalue weighted by atomic mass is 10.0. The lowest BCUT2D eigenvalue weighted by molar-refractivity contribution is -0.152. The highest BCUT2D eigenvalue weighted by Crippen LogP contribution is 2.41. The Balaban J connectivity index is 1.45. The molecule has 0 spiro atoms. The number of methoxy groups -OCH3 is 1. The van der Waals surface area contributed by atoms with E-state index in [4.69, 9.17) is 19.9 Å². The Labute approximate surface area is 214 Å². The van der Waals surface area contributed by atoms with Crippen LogP contribution in [0.25, 0.3) is 33.7 Å². The zero-order valence-corrected chi connectivity index (χ0v) is 20.9. The molecule has 3 aromatic heterocycles. The molecular formula is C26H27F4N5O3. The molecule has 1 saturated carbocycles. The van der Waals surface area contributed by atoms with E-state index in [9.17, 15) is 22.4 Å². The van der Waals surface area contributed by atoms with Gasteiger partial charge in [0.1, 0.15) is 17.4 Å². The molecule has 4 heterocycles. The summed E-state index contributed by atoms with van der Waals surface area (Å²) in [5.41, 5.74) is 8.06. The van der Waals surface area contributed by atoms with Crippen molar-refractivity contribution in [1.82, 2.24) is 19.0 Å². The number of aryl methyl sites for hydroxylation is 1. The van der Waals surface area contributed by atoms with Crippen molar-refractivity contribution in [1.29, 1.82) is 0 Å². The molecule has 8 nitrogen and oxygen atoms in total. The predicted octanol–water partition coefficient (Wildman–Crippen LogP) is 4.74. The van der Waals surface area contributed by atoms with Crippen molar-refractivity contribution in [2.75, 3.05) is 20.2 Å². The van der Waals surface area contributed by atoms with E-state index in [2.05, 4.69) is 0 Å². The van der Waals surface area contributed by atoms with Gasteiger partial charge in [-0.1, -0.05) is 0 Å². The third kappa shape index (κ3) is 4.20. The number of rotatable bonds is 5. The number of alkyl halides is 4. The van der Waals surface area contributed by atoms with Crippen LogP contribution in [0.2, 0.25) is 0 Å². The van der Waals surface area contributed by atoms with Gasteiger partial charge in [0.05, 0.1) is 24.9 Å². The van der Waals surface area contributed by atoms with Gasteiger partial charge >= 0.3 is 6.18 Å². The second-order valence-corrected chi connectivity index (χ2v) is 10.3. The number of likely N-dealkylation sites (tertiary alicyclic amines) is 1. The van der Waals surface area contributed by atoms with Crippen LogP contribution in [0.3, 0.4) is 0 Å². The van der Waals surface area contributed by atoms with Gasteiger partial charge in [-0.05, 0) is 49.4 Å². The normalized spacial score (nSPS) is 20.6. The Bertz CT molecular complexity index is 1540. The van der Waals surface area contributed by atoms with Crippen molar-refractivity contribution < 1.29 is 31.5 Å². The highest BCUT2D eigenvalue weighted by Gasteiger charge is 2.37. The largest absolute Gasteiger partial charge is 0.494 e. The van der Waals surface area contributed by atoms with E-state index in [0.717, 1.165) is 18.9 Å². The number of fused-ring (bicyclic) bond motifs is 2. The Morgan fingerprint density at radius 1 is 1.21 bits per heavy atom. The molecule has 0 bridgehead atoms. The molecule has 1 aliphatic carbocycles. The van der Waals surface area contributed by atoms with Gasteiger partial charge in [0.25, 0.3) is 5.91 Å². The molecular weight excluding hydrogens is 506 g/mol. The second-order valence-electron chi connectivity index (χ2n) is 10.3. The van der Waals surface area contributed by atoms with Gasteiger partial charge in [-0.3, -0.25) is 4.79 Å². The molecule has 0 radical (unpaired) electrons. The number of imidazole rings is 1.